The number of nitrogens with zero attached hydrogens (tertiary/aromatic N) is 4. The Labute approximate surface area is 112 Å². The normalized spacial score (nSPS) is 11.4. The van der Waals surface area contributed by atoms with Gasteiger partial charge in [0.25, 0.3) is 0 Å². The second-order valence-electron chi connectivity index (χ2n) is 4.84. The Kier molecular flexibility index (Phi) is 4.16. The molecule has 7 heteroatoms. The monoisotopic (exact) mass is 264 g/mol. The minimum absolute atomic E-state index is 0.237. The zero-order valence-electron chi connectivity index (χ0n) is 11.6. The molecule has 0 fully saturated rings. The number of ether oxygens (including phenoxy) is 1. The van der Waals surface area contributed by atoms with E-state index < -0.39 is 0 Å². The van der Waals surface area contributed by atoms with Gasteiger partial charge in [0.2, 0.25) is 5.95 Å². The van der Waals surface area contributed by atoms with Crippen molar-refractivity contribution in [2.75, 3.05) is 37.4 Å². The zero-order valence-corrected chi connectivity index (χ0v) is 11.6. The van der Waals surface area contributed by atoms with Crippen molar-refractivity contribution in [1.29, 1.82) is 0 Å². The molecule has 7 nitrogen and oxygen atoms in total. The Hall–Kier alpha value is -1.89. The van der Waals surface area contributed by atoms with Crippen molar-refractivity contribution in [3.63, 3.8) is 0 Å². The first kappa shape index (κ1) is 13.5. The third-order valence-electron chi connectivity index (χ3n) is 2.73. The summed E-state index contributed by atoms with van der Waals surface area (Å²) in [5.41, 5.74) is 7.15. The van der Waals surface area contributed by atoms with Gasteiger partial charge in [0.1, 0.15) is 5.52 Å². The SMILES string of the molecule is COCCN(CC(C)C)c1nc(N)nc2nc[nH]c12. The maximum Gasteiger partial charge on any atom is 0.224 e. The summed E-state index contributed by atoms with van der Waals surface area (Å²) in [5.74, 6) is 1.53. The molecule has 0 saturated carbocycles. The van der Waals surface area contributed by atoms with E-state index in [-0.39, 0.29) is 5.95 Å². The maximum absolute atomic E-state index is 5.75. The number of imidazole rings is 1. The molecule has 0 amide bonds. The highest BCUT2D eigenvalue weighted by atomic mass is 16.5. The van der Waals surface area contributed by atoms with Gasteiger partial charge in [-0.2, -0.15) is 9.97 Å². The van der Waals surface area contributed by atoms with Crippen LogP contribution in [0.4, 0.5) is 11.8 Å². The highest BCUT2D eigenvalue weighted by Crippen LogP contribution is 2.22. The molecule has 2 rings (SSSR count). The van der Waals surface area contributed by atoms with Gasteiger partial charge >= 0.3 is 0 Å². The lowest BCUT2D eigenvalue weighted by molar-refractivity contribution is 0.204. The third-order valence-corrected chi connectivity index (χ3v) is 2.73. The van der Waals surface area contributed by atoms with Crippen molar-refractivity contribution < 1.29 is 4.74 Å². The molecular formula is C12H20N6O. The van der Waals surface area contributed by atoms with Crippen molar-refractivity contribution in [3.8, 4) is 0 Å². The van der Waals surface area contributed by atoms with Gasteiger partial charge < -0.3 is 20.4 Å². The number of fused-ring (bicyclic) bond motifs is 1. The summed E-state index contributed by atoms with van der Waals surface area (Å²) in [5, 5.41) is 0. The largest absolute Gasteiger partial charge is 0.383 e. The van der Waals surface area contributed by atoms with Crippen LogP contribution in [-0.2, 0) is 4.74 Å². The standard InChI is InChI=1S/C12H20N6O/c1-8(2)6-18(4-5-19-3)11-9-10(15-7-14-9)16-12(13)17-11/h7-8H,4-6H2,1-3H3,(H3,13,14,15,16,17). The fraction of sp³-hybridized carbons (Fsp3) is 0.583. The molecule has 0 saturated heterocycles. The third kappa shape index (κ3) is 3.11. The molecule has 3 N–H and O–H groups in total. The Morgan fingerprint density at radius 3 is 2.89 bits per heavy atom. The summed E-state index contributed by atoms with van der Waals surface area (Å²) in [7, 11) is 1.69. The van der Waals surface area contributed by atoms with E-state index in [0.717, 1.165) is 24.4 Å². The van der Waals surface area contributed by atoms with Gasteiger partial charge in [0.05, 0.1) is 12.9 Å². The van der Waals surface area contributed by atoms with Crippen molar-refractivity contribution in [3.05, 3.63) is 6.33 Å². The van der Waals surface area contributed by atoms with E-state index in [1.54, 1.807) is 13.4 Å². The molecule has 0 aliphatic heterocycles. The van der Waals surface area contributed by atoms with Crippen LogP contribution >= 0.6 is 0 Å². The fourth-order valence-electron chi connectivity index (χ4n) is 1.99. The molecule has 0 bridgehead atoms. The van der Waals surface area contributed by atoms with Crippen molar-refractivity contribution in [2.45, 2.75) is 13.8 Å². The highest BCUT2D eigenvalue weighted by Gasteiger charge is 2.16. The lowest BCUT2D eigenvalue weighted by Crippen LogP contribution is -2.32. The topological polar surface area (TPSA) is 92.9 Å². The first-order valence-electron chi connectivity index (χ1n) is 6.32. The van der Waals surface area contributed by atoms with Crippen LogP contribution in [0.5, 0.6) is 0 Å². The molecule has 104 valence electrons. The first-order valence-corrected chi connectivity index (χ1v) is 6.32. The lowest BCUT2D eigenvalue weighted by atomic mass is 10.2. The maximum atomic E-state index is 5.75. The average Bonchev–Trinajstić information content (AvgIpc) is 2.80. The van der Waals surface area contributed by atoms with E-state index in [4.69, 9.17) is 10.5 Å². The molecule has 0 aliphatic rings. The van der Waals surface area contributed by atoms with Crippen LogP contribution in [0.15, 0.2) is 6.33 Å². The molecule has 0 spiro atoms. The molecule has 2 aromatic rings. The smallest absolute Gasteiger partial charge is 0.224 e. The molecule has 2 heterocycles. The van der Waals surface area contributed by atoms with E-state index >= 15 is 0 Å². The molecule has 0 radical (unpaired) electrons. The Morgan fingerprint density at radius 2 is 2.21 bits per heavy atom. The predicted molar refractivity (Wildman–Crippen MR) is 75.0 cm³/mol. The number of hydrogen-bond acceptors (Lipinski definition) is 6. The number of anilines is 2. The number of aromatic nitrogens is 4. The first-order chi connectivity index (χ1) is 9.11. The van der Waals surface area contributed by atoms with Gasteiger partial charge in [-0.15, -0.1) is 0 Å². The number of nitrogens with one attached hydrogen (secondary N) is 1. The van der Waals surface area contributed by atoms with Gasteiger partial charge in [-0.05, 0) is 5.92 Å². The van der Waals surface area contributed by atoms with Crippen molar-refractivity contribution in [1.82, 2.24) is 19.9 Å². The zero-order chi connectivity index (χ0) is 13.8. The molecule has 19 heavy (non-hydrogen) atoms. The van der Waals surface area contributed by atoms with Gasteiger partial charge in [-0.3, -0.25) is 0 Å². The van der Waals surface area contributed by atoms with E-state index in [1.807, 2.05) is 0 Å². The van der Waals surface area contributed by atoms with Gasteiger partial charge in [-0.1, -0.05) is 13.8 Å². The molecular weight excluding hydrogens is 244 g/mol. The number of H-pyrrole nitrogens is 1. The predicted octanol–water partition coefficient (Wildman–Crippen LogP) is 1.04. The Balaban J connectivity index is 2.38. The second-order valence-corrected chi connectivity index (χ2v) is 4.84. The summed E-state index contributed by atoms with van der Waals surface area (Å²) < 4.78 is 5.16. The molecule has 0 aromatic carbocycles. The van der Waals surface area contributed by atoms with Gasteiger partial charge in [0.15, 0.2) is 11.5 Å². The molecule has 0 aliphatic carbocycles. The van der Waals surface area contributed by atoms with E-state index in [2.05, 4.69) is 38.7 Å². The molecule has 0 atom stereocenters. The number of rotatable bonds is 6. The van der Waals surface area contributed by atoms with E-state index in [9.17, 15) is 0 Å². The molecule has 2 aromatic heterocycles. The van der Waals surface area contributed by atoms with E-state index in [0.29, 0.717) is 18.2 Å². The average molecular weight is 264 g/mol. The van der Waals surface area contributed by atoms with Gasteiger partial charge in [0, 0.05) is 20.2 Å². The second kappa shape index (κ2) is 5.83. The van der Waals surface area contributed by atoms with Crippen molar-refractivity contribution >= 4 is 22.9 Å². The number of methoxy groups -OCH3 is 1. The van der Waals surface area contributed by atoms with Gasteiger partial charge in [-0.25, -0.2) is 4.98 Å². The fourth-order valence-corrected chi connectivity index (χ4v) is 1.99. The quantitative estimate of drug-likeness (QED) is 0.810. The Morgan fingerprint density at radius 1 is 1.42 bits per heavy atom. The summed E-state index contributed by atoms with van der Waals surface area (Å²) in [4.78, 5) is 17.8. The lowest BCUT2D eigenvalue weighted by Gasteiger charge is -2.25. The highest BCUT2D eigenvalue weighted by molar-refractivity contribution is 5.84. The van der Waals surface area contributed by atoms with Crippen molar-refractivity contribution in [2.24, 2.45) is 5.92 Å². The van der Waals surface area contributed by atoms with Crippen LogP contribution in [0.25, 0.3) is 11.2 Å². The Bertz CT molecular complexity index is 538. The molecule has 0 unspecified atom stereocenters. The van der Waals surface area contributed by atoms with Crippen LogP contribution < -0.4 is 10.6 Å². The summed E-state index contributed by atoms with van der Waals surface area (Å²) >= 11 is 0. The van der Waals surface area contributed by atoms with Crippen LogP contribution in [0.3, 0.4) is 0 Å². The summed E-state index contributed by atoms with van der Waals surface area (Å²) in [6.45, 7) is 6.57. The number of nitrogen functional groups attached to an aromatic ring is 1. The van der Waals surface area contributed by atoms with Crippen LogP contribution in [0, 0.1) is 5.92 Å². The minimum Gasteiger partial charge on any atom is -0.383 e. The minimum atomic E-state index is 0.237. The van der Waals surface area contributed by atoms with E-state index in [1.165, 1.54) is 0 Å². The summed E-state index contributed by atoms with van der Waals surface area (Å²) in [6.07, 6.45) is 1.60. The number of hydrogen-bond donors (Lipinski definition) is 2. The number of aromatic amines is 1. The van der Waals surface area contributed by atoms with Crippen LogP contribution in [0.2, 0.25) is 0 Å². The number of nitrogens with two attached hydrogens (primary N) is 1. The van der Waals surface area contributed by atoms with Crippen LogP contribution in [-0.4, -0.2) is 46.7 Å². The van der Waals surface area contributed by atoms with Crippen LogP contribution in [0.1, 0.15) is 13.8 Å². The summed E-state index contributed by atoms with van der Waals surface area (Å²) in [6, 6.07) is 0.